The van der Waals surface area contributed by atoms with Crippen LogP contribution in [0, 0.1) is 0 Å². The van der Waals surface area contributed by atoms with E-state index in [-0.39, 0.29) is 8.41 Å². The molecule has 0 saturated carbocycles. The lowest BCUT2D eigenvalue weighted by Gasteiger charge is -1.52. The van der Waals surface area contributed by atoms with Gasteiger partial charge < -0.3 is 0 Å². The minimum Gasteiger partial charge on any atom is -0.142 e. The van der Waals surface area contributed by atoms with Crippen molar-refractivity contribution < 1.29 is 0 Å². The number of hydrogen-bond donors (Lipinski definition) is 0. The average Bonchev–Trinajstić information content (AvgIpc) is 1.76. The molecule has 0 fully saturated rings. The second-order valence-corrected chi connectivity index (χ2v) is 0.603. The Labute approximate surface area is 36.9 Å². The molecule has 0 aromatic rings. The van der Waals surface area contributed by atoms with Gasteiger partial charge in [0.1, 0.15) is 0 Å². The van der Waals surface area contributed by atoms with Crippen molar-refractivity contribution in [3.05, 3.63) is 0 Å². The summed E-state index contributed by atoms with van der Waals surface area (Å²) < 4.78 is 0. The summed E-state index contributed by atoms with van der Waals surface area (Å²) in [6.07, 6.45) is 0. The Morgan fingerprint density at radius 2 is 1.50 bits per heavy atom. The van der Waals surface area contributed by atoms with Crippen molar-refractivity contribution in [1.82, 2.24) is 0 Å². The van der Waals surface area contributed by atoms with Gasteiger partial charge in [-0.3, -0.25) is 0 Å². The summed E-state index contributed by atoms with van der Waals surface area (Å²) in [5.41, 5.74) is 0. The largest absolute Gasteiger partial charge is 0.175 e. The lowest BCUT2D eigenvalue weighted by molar-refractivity contribution is 1.05. The molecule has 0 N–H and O–H groups in total. The summed E-state index contributed by atoms with van der Waals surface area (Å²) in [5, 5.41) is 13.1. The third kappa shape index (κ3) is 0.921. The molecule has 0 atom stereocenters. The van der Waals surface area contributed by atoms with Gasteiger partial charge in [-0.05, 0) is 10.4 Å². The van der Waals surface area contributed by atoms with E-state index < -0.39 is 0 Å². The summed E-state index contributed by atoms with van der Waals surface area (Å²) in [5.74, 6) is 0. The van der Waals surface area contributed by atoms with E-state index in [4.69, 9.17) is 0 Å². The highest BCUT2D eigenvalue weighted by atomic mass is 15.5. The molecule has 4 nitrogen and oxygen atoms in total. The van der Waals surface area contributed by atoms with Crippen LogP contribution in [0.5, 0.6) is 0 Å². The van der Waals surface area contributed by atoms with E-state index in [0.29, 0.717) is 6.67 Å². The van der Waals surface area contributed by atoms with Gasteiger partial charge in [-0.1, -0.05) is 0 Å². The van der Waals surface area contributed by atoms with Gasteiger partial charge in [0.05, 0.1) is 8.41 Å². The van der Waals surface area contributed by atoms with Gasteiger partial charge in [-0.25, -0.2) is 0 Å². The van der Waals surface area contributed by atoms with E-state index in [0.717, 1.165) is 0 Å². The molecule has 0 aliphatic carbocycles. The molecule has 1 rings (SSSR count). The molecular weight excluding hydrogens is 78.9 g/mol. The highest BCUT2D eigenvalue weighted by Crippen LogP contribution is 1.87. The molecule has 0 aromatic heterocycles. The molecule has 0 unspecified atom stereocenters. The molecule has 6 heavy (non-hydrogen) atoms. The Bertz CT molecular complexity index is 65.6. The third-order valence-electron chi connectivity index (χ3n) is 0.293. The van der Waals surface area contributed by atoms with Crippen LogP contribution in [0.25, 0.3) is 0 Å². The quantitative estimate of drug-likeness (QED) is 0.358. The summed E-state index contributed by atoms with van der Waals surface area (Å²) in [6.45, 7) is 0.417. The molecule has 0 aromatic carbocycles. The highest BCUT2D eigenvalue weighted by Gasteiger charge is 1.76. The van der Waals surface area contributed by atoms with Gasteiger partial charge in [0, 0.05) is 0 Å². The Kier molecular flexibility index (Phi) is 2.19. The minimum atomic E-state index is 0. The van der Waals surface area contributed by atoms with Gasteiger partial charge in [0.15, 0.2) is 6.67 Å². The predicted octanol–water partition coefficient (Wildman–Crippen LogP) is -0.407. The van der Waals surface area contributed by atoms with E-state index in [1.807, 2.05) is 0 Å². The monoisotopic (exact) mass is 84.1 g/mol. The zero-order chi connectivity index (χ0) is 3.54. The van der Waals surface area contributed by atoms with Crippen LogP contribution in [0.1, 0.15) is 0 Å². The fraction of sp³-hybridized carbons (Fsp3) is 1.00. The highest BCUT2D eigenvalue weighted by molar-refractivity contribution is 5.75. The van der Waals surface area contributed by atoms with E-state index in [1.165, 1.54) is 0 Å². The first-order valence-electron chi connectivity index (χ1n) is 1.23. The molecule has 1 heterocycles. The lowest BCUT2D eigenvalue weighted by Crippen LogP contribution is -1.52. The Hall–Kier alpha value is -0.735. The molecule has 0 saturated heterocycles. The standard InChI is InChI=1S/CH2N4.BH3/c1-2-4-5-3-1;/h1H2;1H3. The Morgan fingerprint density at radius 3 is 1.67 bits per heavy atom. The van der Waals surface area contributed by atoms with E-state index in [9.17, 15) is 0 Å². The van der Waals surface area contributed by atoms with Crippen molar-refractivity contribution in [3.8, 4) is 0 Å². The lowest BCUT2D eigenvalue weighted by atomic mass is 10.8. The van der Waals surface area contributed by atoms with Crippen molar-refractivity contribution in [2.75, 3.05) is 6.67 Å². The van der Waals surface area contributed by atoms with Crippen LogP contribution < -0.4 is 0 Å². The predicted molar refractivity (Wildman–Crippen MR) is 24.5 cm³/mol. The average molecular weight is 83.9 g/mol. The fourth-order valence-electron chi connectivity index (χ4n) is 0.141. The molecular formula is CH5BN4. The van der Waals surface area contributed by atoms with Crippen LogP contribution in [-0.4, -0.2) is 15.1 Å². The summed E-state index contributed by atoms with van der Waals surface area (Å²) in [6, 6.07) is 0. The second kappa shape index (κ2) is 2.50. The van der Waals surface area contributed by atoms with E-state index in [1.54, 1.807) is 0 Å². The van der Waals surface area contributed by atoms with Gasteiger partial charge in [0.25, 0.3) is 0 Å². The van der Waals surface area contributed by atoms with Crippen LogP contribution in [0.2, 0.25) is 0 Å². The van der Waals surface area contributed by atoms with Gasteiger partial charge in [-0.15, -0.1) is 10.2 Å². The van der Waals surface area contributed by atoms with E-state index in [2.05, 4.69) is 20.7 Å². The summed E-state index contributed by atoms with van der Waals surface area (Å²) in [7, 11) is 0. The molecule has 32 valence electrons. The van der Waals surface area contributed by atoms with E-state index >= 15 is 0 Å². The zero-order valence-electron chi connectivity index (χ0n) is 2.50. The topological polar surface area (TPSA) is 49.4 Å². The maximum atomic E-state index is 3.38. The Morgan fingerprint density at radius 1 is 1.00 bits per heavy atom. The first-order chi connectivity index (χ1) is 2.50. The van der Waals surface area contributed by atoms with Crippen molar-refractivity contribution >= 4 is 8.41 Å². The fourth-order valence-corrected chi connectivity index (χ4v) is 0.141. The first-order valence-corrected chi connectivity index (χ1v) is 1.23. The maximum absolute atomic E-state index is 3.38. The van der Waals surface area contributed by atoms with Crippen LogP contribution in [0.3, 0.4) is 0 Å². The summed E-state index contributed by atoms with van der Waals surface area (Å²) in [4.78, 5) is 0. The van der Waals surface area contributed by atoms with Gasteiger partial charge in [-0.2, -0.15) is 0 Å². The van der Waals surface area contributed by atoms with Crippen molar-refractivity contribution in [1.29, 1.82) is 0 Å². The number of rotatable bonds is 0. The third-order valence-corrected chi connectivity index (χ3v) is 0.293. The Balaban J connectivity index is 0.000000250. The van der Waals surface area contributed by atoms with Crippen LogP contribution >= 0.6 is 0 Å². The van der Waals surface area contributed by atoms with Crippen molar-refractivity contribution in [3.63, 3.8) is 0 Å². The normalized spacial score (nSPS) is 14.7. The molecule has 0 bridgehead atoms. The first kappa shape index (κ1) is 5.26. The molecule has 0 amide bonds. The second-order valence-electron chi connectivity index (χ2n) is 0.603. The van der Waals surface area contributed by atoms with Crippen LogP contribution in [0.15, 0.2) is 20.7 Å². The zero-order valence-corrected chi connectivity index (χ0v) is 2.50. The molecule has 5 heteroatoms. The molecule has 1 aliphatic rings. The van der Waals surface area contributed by atoms with Gasteiger partial charge >= 0.3 is 0 Å². The molecule has 0 spiro atoms. The van der Waals surface area contributed by atoms with Crippen LogP contribution in [-0.2, 0) is 0 Å². The number of nitrogens with zero attached hydrogens (tertiary/aromatic N) is 4. The maximum Gasteiger partial charge on any atom is 0.175 e. The number of hydrogen-bond acceptors (Lipinski definition) is 4. The molecule has 0 radical (unpaired) electrons. The van der Waals surface area contributed by atoms with Crippen LogP contribution in [0.4, 0.5) is 0 Å². The van der Waals surface area contributed by atoms with Gasteiger partial charge in [0.2, 0.25) is 0 Å². The van der Waals surface area contributed by atoms with Crippen molar-refractivity contribution in [2.45, 2.75) is 0 Å². The minimum absolute atomic E-state index is 0. The smallest absolute Gasteiger partial charge is 0.142 e. The summed E-state index contributed by atoms with van der Waals surface area (Å²) >= 11 is 0. The SMILES string of the molecule is B.C1N=NN=N1. The molecule has 1 aliphatic heterocycles. The van der Waals surface area contributed by atoms with Crippen molar-refractivity contribution in [2.24, 2.45) is 20.7 Å².